The van der Waals surface area contributed by atoms with E-state index in [1.165, 1.54) is 19.3 Å². The van der Waals surface area contributed by atoms with Gasteiger partial charge in [0.15, 0.2) is 0 Å². The van der Waals surface area contributed by atoms with Gasteiger partial charge < -0.3 is 0 Å². The summed E-state index contributed by atoms with van der Waals surface area (Å²) < 4.78 is 36.2. The molecule has 0 bridgehead atoms. The molecule has 1 aliphatic rings. The maximum atomic E-state index is 12.1. The lowest BCUT2D eigenvalue weighted by Gasteiger charge is -2.33. The molecule has 0 heterocycles. The smallest absolute Gasteiger partial charge is 0.298 e. The standard InChI is InChI=1S/C11H19ClF3NS/c12-6-7-16(8-9-17-11(13,14)15)10-4-2-1-3-5-10/h10H,1-9H2. The fraction of sp³-hybridized carbons (Fsp3) is 1.00. The third-order valence-corrected chi connectivity index (χ3v) is 3.99. The maximum Gasteiger partial charge on any atom is 0.441 e. The Morgan fingerprint density at radius 3 is 2.29 bits per heavy atom. The fourth-order valence-electron chi connectivity index (χ4n) is 2.31. The topological polar surface area (TPSA) is 3.24 Å². The van der Waals surface area contributed by atoms with E-state index in [0.29, 0.717) is 25.0 Å². The van der Waals surface area contributed by atoms with Gasteiger partial charge >= 0.3 is 5.51 Å². The van der Waals surface area contributed by atoms with Gasteiger partial charge in [-0.15, -0.1) is 11.6 Å². The van der Waals surface area contributed by atoms with Gasteiger partial charge in [0, 0.05) is 30.8 Å². The van der Waals surface area contributed by atoms with Crippen molar-refractivity contribution in [2.24, 2.45) is 0 Å². The second-order valence-corrected chi connectivity index (χ2v) is 5.85. The molecule has 1 aliphatic carbocycles. The number of alkyl halides is 4. The summed E-state index contributed by atoms with van der Waals surface area (Å²) in [6.45, 7) is 1.19. The monoisotopic (exact) mass is 289 g/mol. The first-order valence-electron chi connectivity index (χ1n) is 6.03. The van der Waals surface area contributed by atoms with E-state index < -0.39 is 5.51 Å². The number of hydrogen-bond acceptors (Lipinski definition) is 2. The first-order chi connectivity index (χ1) is 8.03. The summed E-state index contributed by atoms with van der Waals surface area (Å²) in [4.78, 5) is 2.13. The number of halogens is 4. The van der Waals surface area contributed by atoms with Crippen LogP contribution in [0.2, 0.25) is 0 Å². The predicted molar refractivity (Wildman–Crippen MR) is 67.7 cm³/mol. The van der Waals surface area contributed by atoms with E-state index in [1.54, 1.807) is 0 Å². The molecule has 0 unspecified atom stereocenters. The van der Waals surface area contributed by atoms with E-state index in [4.69, 9.17) is 11.6 Å². The van der Waals surface area contributed by atoms with Gasteiger partial charge in [-0.05, 0) is 24.6 Å². The summed E-state index contributed by atoms with van der Waals surface area (Å²) in [6, 6.07) is 0.441. The van der Waals surface area contributed by atoms with Crippen molar-refractivity contribution in [3.8, 4) is 0 Å². The Labute approximate surface area is 110 Å². The van der Waals surface area contributed by atoms with Gasteiger partial charge in [0.2, 0.25) is 0 Å². The van der Waals surface area contributed by atoms with Gasteiger partial charge in [-0.2, -0.15) is 13.2 Å². The summed E-state index contributed by atoms with van der Waals surface area (Å²) in [5, 5.41) is 0. The summed E-state index contributed by atoms with van der Waals surface area (Å²) in [5.74, 6) is 0.601. The Balaban J connectivity index is 2.31. The first-order valence-corrected chi connectivity index (χ1v) is 7.55. The van der Waals surface area contributed by atoms with Crippen LogP contribution in [0.15, 0.2) is 0 Å². The molecular formula is C11H19ClF3NS. The highest BCUT2D eigenvalue weighted by Gasteiger charge is 2.28. The van der Waals surface area contributed by atoms with Crippen LogP contribution in [-0.2, 0) is 0 Å². The molecule has 0 atom stereocenters. The molecule has 0 amide bonds. The first kappa shape index (κ1) is 15.4. The number of hydrogen-bond donors (Lipinski definition) is 0. The minimum Gasteiger partial charge on any atom is -0.298 e. The molecule has 0 spiro atoms. The van der Waals surface area contributed by atoms with Crippen LogP contribution < -0.4 is 0 Å². The third kappa shape index (κ3) is 6.77. The summed E-state index contributed by atoms with van der Waals surface area (Å²) in [5.41, 5.74) is -4.11. The van der Waals surface area contributed by atoms with Gasteiger partial charge in [-0.1, -0.05) is 19.3 Å². The van der Waals surface area contributed by atoms with Crippen molar-refractivity contribution in [3.63, 3.8) is 0 Å². The second kappa shape index (κ2) is 7.74. The van der Waals surface area contributed by atoms with Crippen molar-refractivity contribution in [2.75, 3.05) is 24.7 Å². The molecule has 6 heteroatoms. The molecule has 0 radical (unpaired) electrons. The lowest BCUT2D eigenvalue weighted by molar-refractivity contribution is -0.0329. The average molecular weight is 290 g/mol. The molecule has 1 fully saturated rings. The Morgan fingerprint density at radius 2 is 1.76 bits per heavy atom. The van der Waals surface area contributed by atoms with Crippen LogP contribution in [0.4, 0.5) is 13.2 Å². The molecular weight excluding hydrogens is 271 g/mol. The molecule has 17 heavy (non-hydrogen) atoms. The number of rotatable bonds is 6. The van der Waals surface area contributed by atoms with Crippen molar-refractivity contribution in [1.82, 2.24) is 4.90 Å². The highest BCUT2D eigenvalue weighted by atomic mass is 35.5. The highest BCUT2D eigenvalue weighted by molar-refractivity contribution is 8.00. The van der Waals surface area contributed by atoms with Gasteiger partial charge in [0.05, 0.1) is 0 Å². The van der Waals surface area contributed by atoms with E-state index in [-0.39, 0.29) is 17.5 Å². The zero-order valence-corrected chi connectivity index (χ0v) is 11.4. The molecule has 102 valence electrons. The molecule has 0 aromatic rings. The normalized spacial score (nSPS) is 18.9. The lowest BCUT2D eigenvalue weighted by atomic mass is 9.94. The van der Waals surface area contributed by atoms with E-state index in [9.17, 15) is 13.2 Å². The quantitative estimate of drug-likeness (QED) is 0.677. The van der Waals surface area contributed by atoms with Crippen LogP contribution in [0, 0.1) is 0 Å². The van der Waals surface area contributed by atoms with Crippen LogP contribution >= 0.6 is 23.4 Å². The predicted octanol–water partition coefficient (Wildman–Crippen LogP) is 4.11. The van der Waals surface area contributed by atoms with Crippen molar-refractivity contribution >= 4 is 23.4 Å². The third-order valence-electron chi connectivity index (χ3n) is 3.11. The molecule has 0 aromatic heterocycles. The summed E-state index contributed by atoms with van der Waals surface area (Å²) in [7, 11) is 0. The Kier molecular flexibility index (Phi) is 7.04. The summed E-state index contributed by atoms with van der Waals surface area (Å²) >= 11 is 5.78. The van der Waals surface area contributed by atoms with Crippen LogP contribution in [0.3, 0.4) is 0 Å². The SMILES string of the molecule is FC(F)(F)SCCN(CCCl)C1CCCCC1. The van der Waals surface area contributed by atoms with Gasteiger partial charge in [0.1, 0.15) is 0 Å². The average Bonchev–Trinajstić information content (AvgIpc) is 2.27. The zero-order valence-electron chi connectivity index (χ0n) is 9.81. The molecule has 1 rings (SSSR count). The van der Waals surface area contributed by atoms with Crippen molar-refractivity contribution in [3.05, 3.63) is 0 Å². The van der Waals surface area contributed by atoms with Crippen molar-refractivity contribution in [1.29, 1.82) is 0 Å². The van der Waals surface area contributed by atoms with Crippen molar-refractivity contribution < 1.29 is 13.2 Å². The van der Waals surface area contributed by atoms with E-state index in [0.717, 1.165) is 12.8 Å². The van der Waals surface area contributed by atoms with E-state index >= 15 is 0 Å². The van der Waals surface area contributed by atoms with Gasteiger partial charge in [-0.3, -0.25) is 4.90 Å². The Bertz CT molecular complexity index is 207. The minimum atomic E-state index is -4.11. The van der Waals surface area contributed by atoms with E-state index in [1.807, 2.05) is 0 Å². The summed E-state index contributed by atoms with van der Waals surface area (Å²) in [6.07, 6.45) is 5.84. The lowest BCUT2D eigenvalue weighted by Crippen LogP contribution is -2.39. The van der Waals surface area contributed by atoms with E-state index in [2.05, 4.69) is 4.90 Å². The van der Waals surface area contributed by atoms with Crippen LogP contribution in [0.25, 0.3) is 0 Å². The Morgan fingerprint density at radius 1 is 1.12 bits per heavy atom. The van der Waals surface area contributed by atoms with Gasteiger partial charge in [-0.25, -0.2) is 0 Å². The zero-order chi connectivity index (χ0) is 12.7. The molecule has 1 nitrogen and oxygen atoms in total. The number of nitrogens with zero attached hydrogens (tertiary/aromatic N) is 1. The highest BCUT2D eigenvalue weighted by Crippen LogP contribution is 2.30. The fourth-order valence-corrected chi connectivity index (χ4v) is 3.08. The molecule has 0 aromatic carbocycles. The molecule has 0 saturated heterocycles. The van der Waals surface area contributed by atoms with Crippen LogP contribution in [0.5, 0.6) is 0 Å². The Hall–Kier alpha value is 0.390. The maximum absolute atomic E-state index is 12.1. The minimum absolute atomic E-state index is 0.0670. The van der Waals surface area contributed by atoms with Gasteiger partial charge in [0.25, 0.3) is 0 Å². The van der Waals surface area contributed by atoms with Crippen LogP contribution in [0.1, 0.15) is 32.1 Å². The van der Waals surface area contributed by atoms with Crippen LogP contribution in [-0.4, -0.2) is 41.2 Å². The molecule has 0 aliphatic heterocycles. The number of thioether (sulfide) groups is 1. The largest absolute Gasteiger partial charge is 0.441 e. The molecule has 0 N–H and O–H groups in total. The molecule has 1 saturated carbocycles. The van der Waals surface area contributed by atoms with Crippen molar-refractivity contribution in [2.45, 2.75) is 43.7 Å². The second-order valence-electron chi connectivity index (χ2n) is 4.31.